The van der Waals surface area contributed by atoms with Crippen molar-refractivity contribution in [3.63, 3.8) is 0 Å². The van der Waals surface area contributed by atoms with E-state index in [2.05, 4.69) is 24.9 Å². The van der Waals surface area contributed by atoms with Gasteiger partial charge in [-0.2, -0.15) is 0 Å². The molecule has 0 aromatic rings. The number of likely N-dealkylation sites (tertiary alicyclic amines) is 1. The number of rotatable bonds is 2. The average Bonchev–Trinajstić information content (AvgIpc) is 2.00. The quantitative estimate of drug-likeness (QED) is 0.565. The smallest absolute Gasteiger partial charge is 0.108 e. The van der Waals surface area contributed by atoms with Crippen molar-refractivity contribution in [2.75, 3.05) is 7.11 Å². The zero-order chi connectivity index (χ0) is 8.43. The second-order valence-corrected chi connectivity index (χ2v) is 3.32. The highest BCUT2D eigenvalue weighted by Gasteiger charge is 2.28. The van der Waals surface area contributed by atoms with Crippen molar-refractivity contribution in [2.24, 2.45) is 0 Å². The molecule has 1 aliphatic rings. The van der Waals surface area contributed by atoms with E-state index in [1.165, 1.54) is 6.42 Å². The van der Waals surface area contributed by atoms with Gasteiger partial charge in [-0.3, -0.25) is 0 Å². The van der Waals surface area contributed by atoms with Gasteiger partial charge in [-0.25, -0.2) is 0 Å². The van der Waals surface area contributed by atoms with Crippen molar-refractivity contribution >= 4 is 0 Å². The maximum atomic E-state index is 5.07. The first-order chi connectivity index (χ1) is 5.15. The molecule has 64 valence electrons. The Labute approximate surface area is 68.8 Å². The zero-order valence-corrected chi connectivity index (χ0v) is 7.79. The van der Waals surface area contributed by atoms with Gasteiger partial charge >= 0.3 is 0 Å². The van der Waals surface area contributed by atoms with Crippen molar-refractivity contribution in [3.8, 4) is 0 Å². The number of hydrogen-bond acceptors (Lipinski definition) is 2. The van der Waals surface area contributed by atoms with Crippen LogP contribution in [0, 0.1) is 0 Å². The number of allylic oxidation sites excluding steroid dienone is 1. The highest BCUT2D eigenvalue weighted by atomic mass is 16.5. The predicted molar refractivity (Wildman–Crippen MR) is 46.1 cm³/mol. The Bertz CT molecular complexity index is 157. The summed E-state index contributed by atoms with van der Waals surface area (Å²) in [4.78, 5) is 2.33. The molecule has 2 nitrogen and oxygen atoms in total. The molecule has 1 aliphatic heterocycles. The van der Waals surface area contributed by atoms with Crippen LogP contribution in [0.2, 0.25) is 0 Å². The van der Waals surface area contributed by atoms with E-state index in [0.717, 1.165) is 5.76 Å². The van der Waals surface area contributed by atoms with E-state index < -0.39 is 0 Å². The molecule has 1 fully saturated rings. The molecule has 0 aromatic carbocycles. The van der Waals surface area contributed by atoms with Crippen LogP contribution in [-0.4, -0.2) is 24.1 Å². The van der Waals surface area contributed by atoms with Crippen LogP contribution in [0.1, 0.15) is 27.2 Å². The summed E-state index contributed by atoms with van der Waals surface area (Å²) in [6.45, 7) is 6.46. The van der Waals surface area contributed by atoms with Crippen molar-refractivity contribution in [2.45, 2.75) is 39.3 Å². The number of ether oxygens (including phenoxy) is 1. The Morgan fingerprint density at radius 2 is 2.00 bits per heavy atom. The number of nitrogens with zero attached hydrogens (tertiary/aromatic N) is 1. The zero-order valence-electron chi connectivity index (χ0n) is 7.79. The minimum Gasteiger partial charge on any atom is -0.500 e. The first-order valence-corrected chi connectivity index (χ1v) is 4.15. The highest BCUT2D eigenvalue weighted by Crippen LogP contribution is 2.25. The van der Waals surface area contributed by atoms with Gasteiger partial charge in [-0.15, -0.1) is 0 Å². The molecule has 0 amide bonds. The van der Waals surface area contributed by atoms with Gasteiger partial charge in [0.1, 0.15) is 5.76 Å². The summed E-state index contributed by atoms with van der Waals surface area (Å²) < 4.78 is 5.07. The lowest BCUT2D eigenvalue weighted by Gasteiger charge is -2.45. The Balaban J connectivity index is 2.48. The predicted octanol–water partition coefficient (Wildman–Crippen LogP) is 1.98. The molecule has 11 heavy (non-hydrogen) atoms. The van der Waals surface area contributed by atoms with Crippen LogP contribution < -0.4 is 0 Å². The minimum absolute atomic E-state index is 0.690. The van der Waals surface area contributed by atoms with E-state index in [1.54, 1.807) is 7.11 Å². The third-order valence-corrected chi connectivity index (χ3v) is 2.35. The fraction of sp³-hybridized carbons (Fsp3) is 0.778. The number of methoxy groups -OCH3 is 1. The molecule has 1 rings (SSSR count). The van der Waals surface area contributed by atoms with Crippen LogP contribution in [-0.2, 0) is 4.74 Å². The Hall–Kier alpha value is -0.660. The normalized spacial score (nSPS) is 31.6. The van der Waals surface area contributed by atoms with Gasteiger partial charge in [0.05, 0.1) is 7.11 Å². The third kappa shape index (κ3) is 1.67. The Morgan fingerprint density at radius 1 is 1.45 bits per heavy atom. The first-order valence-electron chi connectivity index (χ1n) is 4.15. The molecular weight excluding hydrogens is 138 g/mol. The second kappa shape index (κ2) is 3.16. The summed E-state index contributed by atoms with van der Waals surface area (Å²) >= 11 is 0. The molecule has 2 unspecified atom stereocenters. The summed E-state index contributed by atoms with van der Waals surface area (Å²) in [6.07, 6.45) is 3.40. The fourth-order valence-corrected chi connectivity index (χ4v) is 1.55. The van der Waals surface area contributed by atoms with Crippen molar-refractivity contribution in [3.05, 3.63) is 12.0 Å². The van der Waals surface area contributed by atoms with Crippen LogP contribution in [0.15, 0.2) is 12.0 Å². The molecule has 0 spiro atoms. The SMILES string of the molecule is CO/C(C)=C\N1C(C)CC1C. The minimum atomic E-state index is 0.690. The lowest BCUT2D eigenvalue weighted by molar-refractivity contribution is 0.0884. The lowest BCUT2D eigenvalue weighted by atomic mass is 9.97. The van der Waals surface area contributed by atoms with Crippen molar-refractivity contribution in [1.82, 2.24) is 4.90 Å². The van der Waals surface area contributed by atoms with Gasteiger partial charge in [-0.05, 0) is 27.2 Å². The maximum absolute atomic E-state index is 5.07. The third-order valence-electron chi connectivity index (χ3n) is 2.35. The van der Waals surface area contributed by atoms with Gasteiger partial charge in [-0.1, -0.05) is 0 Å². The van der Waals surface area contributed by atoms with Gasteiger partial charge in [0.2, 0.25) is 0 Å². The summed E-state index contributed by atoms with van der Waals surface area (Å²) in [5.41, 5.74) is 0. The maximum Gasteiger partial charge on any atom is 0.108 e. The van der Waals surface area contributed by atoms with E-state index in [4.69, 9.17) is 4.74 Å². The Morgan fingerprint density at radius 3 is 2.36 bits per heavy atom. The van der Waals surface area contributed by atoms with E-state index in [1.807, 2.05) is 6.92 Å². The summed E-state index contributed by atoms with van der Waals surface area (Å²) in [6, 6.07) is 1.38. The number of hydrogen-bond donors (Lipinski definition) is 0. The van der Waals surface area contributed by atoms with Gasteiger partial charge in [0, 0.05) is 18.3 Å². The topological polar surface area (TPSA) is 12.5 Å². The summed E-state index contributed by atoms with van der Waals surface area (Å²) in [7, 11) is 1.71. The average molecular weight is 155 g/mol. The van der Waals surface area contributed by atoms with Crippen LogP contribution in [0.25, 0.3) is 0 Å². The molecule has 0 aromatic heterocycles. The van der Waals surface area contributed by atoms with E-state index in [-0.39, 0.29) is 0 Å². The van der Waals surface area contributed by atoms with Gasteiger partial charge in [0.15, 0.2) is 0 Å². The molecule has 2 atom stereocenters. The summed E-state index contributed by atoms with van der Waals surface area (Å²) in [5.74, 6) is 0.989. The molecule has 0 saturated carbocycles. The first kappa shape index (κ1) is 8.44. The molecule has 1 heterocycles. The van der Waals surface area contributed by atoms with Crippen LogP contribution in [0.3, 0.4) is 0 Å². The van der Waals surface area contributed by atoms with Crippen LogP contribution in [0.5, 0.6) is 0 Å². The largest absolute Gasteiger partial charge is 0.500 e. The van der Waals surface area contributed by atoms with E-state index >= 15 is 0 Å². The highest BCUT2D eigenvalue weighted by molar-refractivity contribution is 4.99. The van der Waals surface area contributed by atoms with Crippen LogP contribution in [0.4, 0.5) is 0 Å². The standard InChI is InChI=1S/C9H17NO/c1-7-5-8(2)10(7)6-9(3)11-4/h6-8H,5H2,1-4H3/b9-6-. The van der Waals surface area contributed by atoms with Gasteiger partial charge < -0.3 is 9.64 Å². The molecule has 0 N–H and O–H groups in total. The fourth-order valence-electron chi connectivity index (χ4n) is 1.55. The molecule has 0 aliphatic carbocycles. The van der Waals surface area contributed by atoms with E-state index in [0.29, 0.717) is 12.1 Å². The Kier molecular flexibility index (Phi) is 2.42. The molecule has 1 saturated heterocycles. The van der Waals surface area contributed by atoms with Gasteiger partial charge in [0.25, 0.3) is 0 Å². The molecular formula is C9H17NO. The molecule has 0 radical (unpaired) electrons. The van der Waals surface area contributed by atoms with E-state index in [9.17, 15) is 0 Å². The monoisotopic (exact) mass is 155 g/mol. The summed E-state index contributed by atoms with van der Waals surface area (Å²) in [5, 5.41) is 0. The van der Waals surface area contributed by atoms with Crippen molar-refractivity contribution in [1.29, 1.82) is 0 Å². The van der Waals surface area contributed by atoms with Crippen molar-refractivity contribution < 1.29 is 4.74 Å². The molecule has 2 heteroatoms. The van der Waals surface area contributed by atoms with Crippen LogP contribution >= 0.6 is 0 Å². The molecule has 0 bridgehead atoms. The lowest BCUT2D eigenvalue weighted by Crippen LogP contribution is -2.49. The second-order valence-electron chi connectivity index (χ2n) is 3.32.